The van der Waals surface area contributed by atoms with E-state index in [-0.39, 0.29) is 24.4 Å². The minimum Gasteiger partial charge on any atom is -0.352 e. The van der Waals surface area contributed by atoms with Gasteiger partial charge in [-0.05, 0) is 23.8 Å². The summed E-state index contributed by atoms with van der Waals surface area (Å²) in [5, 5.41) is 2.52. The highest BCUT2D eigenvalue weighted by molar-refractivity contribution is 5.94. The normalized spacial score (nSPS) is 15.1. The highest BCUT2D eigenvalue weighted by Gasteiger charge is 2.31. The summed E-state index contributed by atoms with van der Waals surface area (Å²) < 4.78 is 38.3. The second kappa shape index (κ2) is 9.75. The first kappa shape index (κ1) is 21.8. The number of benzene rings is 2. The Morgan fingerprint density at radius 3 is 2.30 bits per heavy atom. The molecule has 0 unspecified atom stereocenters. The average molecular weight is 419 g/mol. The van der Waals surface area contributed by atoms with E-state index in [0.29, 0.717) is 13.1 Å². The van der Waals surface area contributed by atoms with Gasteiger partial charge in [0.25, 0.3) is 5.91 Å². The minimum atomic E-state index is -4.51. The summed E-state index contributed by atoms with van der Waals surface area (Å²) in [6, 6.07) is 14.4. The summed E-state index contributed by atoms with van der Waals surface area (Å²) in [4.78, 5) is 28.5. The van der Waals surface area contributed by atoms with Crippen molar-refractivity contribution in [2.75, 3.05) is 32.7 Å². The molecule has 1 saturated heterocycles. The third-order valence-corrected chi connectivity index (χ3v) is 5.05. The first-order valence-electron chi connectivity index (χ1n) is 9.82. The lowest BCUT2D eigenvalue weighted by Crippen LogP contribution is -2.48. The van der Waals surface area contributed by atoms with Crippen LogP contribution in [0.1, 0.15) is 27.9 Å². The van der Waals surface area contributed by atoms with Crippen LogP contribution in [0.2, 0.25) is 0 Å². The van der Waals surface area contributed by atoms with Crippen molar-refractivity contribution in [3.05, 3.63) is 71.3 Å². The second-order valence-corrected chi connectivity index (χ2v) is 7.23. The van der Waals surface area contributed by atoms with Crippen molar-refractivity contribution >= 4 is 11.8 Å². The summed E-state index contributed by atoms with van der Waals surface area (Å²) in [5.74, 6) is -0.694. The van der Waals surface area contributed by atoms with Crippen molar-refractivity contribution in [2.45, 2.75) is 19.1 Å². The first-order valence-corrected chi connectivity index (χ1v) is 9.82. The third-order valence-electron chi connectivity index (χ3n) is 5.05. The van der Waals surface area contributed by atoms with E-state index in [1.54, 1.807) is 4.90 Å². The van der Waals surface area contributed by atoms with Gasteiger partial charge in [0, 0.05) is 51.3 Å². The molecular weight excluding hydrogens is 395 g/mol. The van der Waals surface area contributed by atoms with E-state index in [2.05, 4.69) is 22.3 Å². The van der Waals surface area contributed by atoms with E-state index in [9.17, 15) is 22.8 Å². The van der Waals surface area contributed by atoms with Gasteiger partial charge < -0.3 is 10.2 Å². The maximum Gasteiger partial charge on any atom is 0.416 e. The number of nitrogens with one attached hydrogen (secondary N) is 1. The standard InChI is InChI=1S/C22H24F3N3O2/c23-22(24,25)19-8-4-7-18(15-19)21(30)26-10-9-20(29)28-13-11-27(12-14-28)16-17-5-2-1-3-6-17/h1-8,15H,9-14,16H2,(H,26,30). The van der Waals surface area contributed by atoms with Crippen LogP contribution >= 0.6 is 0 Å². The quantitative estimate of drug-likeness (QED) is 0.783. The molecule has 1 N–H and O–H groups in total. The molecular formula is C22H24F3N3O2. The lowest BCUT2D eigenvalue weighted by atomic mass is 10.1. The zero-order valence-corrected chi connectivity index (χ0v) is 16.5. The van der Waals surface area contributed by atoms with Crippen molar-refractivity contribution in [1.82, 2.24) is 15.1 Å². The van der Waals surface area contributed by atoms with Crippen LogP contribution in [0.5, 0.6) is 0 Å². The fourth-order valence-corrected chi connectivity index (χ4v) is 3.38. The number of alkyl halides is 3. The Balaban J connectivity index is 1.40. The fourth-order valence-electron chi connectivity index (χ4n) is 3.38. The zero-order valence-electron chi connectivity index (χ0n) is 16.5. The minimum absolute atomic E-state index is 0.0706. The highest BCUT2D eigenvalue weighted by atomic mass is 19.4. The van der Waals surface area contributed by atoms with Gasteiger partial charge in [-0.15, -0.1) is 0 Å². The number of amides is 2. The predicted molar refractivity (Wildman–Crippen MR) is 107 cm³/mol. The Morgan fingerprint density at radius 1 is 0.933 bits per heavy atom. The van der Waals surface area contributed by atoms with Gasteiger partial charge in [0.1, 0.15) is 0 Å². The van der Waals surface area contributed by atoms with E-state index in [1.165, 1.54) is 17.7 Å². The topological polar surface area (TPSA) is 52.7 Å². The van der Waals surface area contributed by atoms with E-state index < -0.39 is 17.6 Å². The van der Waals surface area contributed by atoms with Gasteiger partial charge in [0.05, 0.1) is 5.56 Å². The van der Waals surface area contributed by atoms with Crippen LogP contribution < -0.4 is 5.32 Å². The first-order chi connectivity index (χ1) is 14.3. The van der Waals surface area contributed by atoms with Crippen LogP contribution in [-0.4, -0.2) is 54.3 Å². The molecule has 2 amide bonds. The molecule has 8 heteroatoms. The number of piperazine rings is 1. The van der Waals surface area contributed by atoms with Crippen LogP contribution in [0.4, 0.5) is 13.2 Å². The number of carbonyl (C=O) groups excluding carboxylic acids is 2. The van der Waals surface area contributed by atoms with Gasteiger partial charge in [-0.2, -0.15) is 13.2 Å². The van der Waals surface area contributed by atoms with Crippen molar-refractivity contribution in [3.8, 4) is 0 Å². The second-order valence-electron chi connectivity index (χ2n) is 7.23. The molecule has 1 aliphatic heterocycles. The summed E-state index contributed by atoms with van der Waals surface area (Å²) in [7, 11) is 0. The maximum absolute atomic E-state index is 12.8. The van der Waals surface area contributed by atoms with E-state index >= 15 is 0 Å². The van der Waals surface area contributed by atoms with Gasteiger partial charge >= 0.3 is 6.18 Å². The number of hydrogen-bond acceptors (Lipinski definition) is 3. The molecule has 0 radical (unpaired) electrons. The van der Waals surface area contributed by atoms with Crippen LogP contribution in [-0.2, 0) is 17.5 Å². The molecule has 0 aliphatic carbocycles. The molecule has 1 heterocycles. The summed E-state index contributed by atoms with van der Waals surface area (Å²) in [5.41, 5.74) is 0.279. The Kier molecular flexibility index (Phi) is 7.10. The summed E-state index contributed by atoms with van der Waals surface area (Å²) in [6.07, 6.45) is -4.39. The number of carbonyl (C=O) groups is 2. The van der Waals surface area contributed by atoms with Gasteiger partial charge in [-0.1, -0.05) is 36.4 Å². The van der Waals surface area contributed by atoms with Crippen LogP contribution in [0.3, 0.4) is 0 Å². The lowest BCUT2D eigenvalue weighted by molar-refractivity contribution is -0.137. The Hall–Kier alpha value is -2.87. The maximum atomic E-state index is 12.8. The average Bonchev–Trinajstić information content (AvgIpc) is 2.74. The van der Waals surface area contributed by atoms with Crippen LogP contribution in [0.25, 0.3) is 0 Å². The van der Waals surface area contributed by atoms with Gasteiger partial charge in [-0.25, -0.2) is 0 Å². The van der Waals surface area contributed by atoms with Crippen molar-refractivity contribution in [1.29, 1.82) is 0 Å². The van der Waals surface area contributed by atoms with Gasteiger partial charge in [0.2, 0.25) is 5.91 Å². The van der Waals surface area contributed by atoms with E-state index in [4.69, 9.17) is 0 Å². The van der Waals surface area contributed by atoms with E-state index in [1.807, 2.05) is 18.2 Å². The number of hydrogen-bond donors (Lipinski definition) is 1. The molecule has 1 aliphatic rings. The Bertz CT molecular complexity index is 863. The Morgan fingerprint density at radius 2 is 1.63 bits per heavy atom. The van der Waals surface area contributed by atoms with Crippen molar-refractivity contribution < 1.29 is 22.8 Å². The number of halogens is 3. The van der Waals surface area contributed by atoms with Crippen LogP contribution in [0, 0.1) is 0 Å². The fraction of sp³-hybridized carbons (Fsp3) is 0.364. The molecule has 2 aromatic rings. The number of nitrogens with zero attached hydrogens (tertiary/aromatic N) is 2. The largest absolute Gasteiger partial charge is 0.416 e. The molecule has 0 atom stereocenters. The highest BCUT2D eigenvalue weighted by Crippen LogP contribution is 2.29. The van der Waals surface area contributed by atoms with Crippen molar-refractivity contribution in [3.63, 3.8) is 0 Å². The van der Waals surface area contributed by atoms with Crippen LogP contribution in [0.15, 0.2) is 54.6 Å². The SMILES string of the molecule is O=C(NCCC(=O)N1CCN(Cc2ccccc2)CC1)c1cccc(C(F)(F)F)c1. The monoisotopic (exact) mass is 419 g/mol. The molecule has 30 heavy (non-hydrogen) atoms. The molecule has 1 fully saturated rings. The lowest BCUT2D eigenvalue weighted by Gasteiger charge is -2.34. The molecule has 5 nitrogen and oxygen atoms in total. The molecule has 0 aromatic heterocycles. The van der Waals surface area contributed by atoms with Gasteiger partial charge in [-0.3, -0.25) is 14.5 Å². The van der Waals surface area contributed by atoms with Gasteiger partial charge in [0.15, 0.2) is 0 Å². The summed E-state index contributed by atoms with van der Waals surface area (Å²) in [6.45, 7) is 3.71. The molecule has 160 valence electrons. The predicted octanol–water partition coefficient (Wildman–Crippen LogP) is 3.17. The third kappa shape index (κ3) is 6.06. The smallest absolute Gasteiger partial charge is 0.352 e. The van der Waals surface area contributed by atoms with E-state index in [0.717, 1.165) is 31.8 Å². The number of rotatable bonds is 6. The molecule has 0 bridgehead atoms. The molecule has 0 spiro atoms. The molecule has 2 aromatic carbocycles. The molecule has 0 saturated carbocycles. The van der Waals surface area contributed by atoms with Crippen molar-refractivity contribution in [2.24, 2.45) is 0 Å². The Labute approximate surface area is 173 Å². The molecule has 3 rings (SSSR count). The summed E-state index contributed by atoms with van der Waals surface area (Å²) >= 11 is 0. The zero-order chi connectivity index (χ0) is 21.6.